The second kappa shape index (κ2) is 20.5. The van der Waals surface area contributed by atoms with Crippen LogP contribution >= 0.6 is 0 Å². The van der Waals surface area contributed by atoms with Crippen LogP contribution in [-0.2, 0) is 36.1 Å². The minimum absolute atomic E-state index is 0. The van der Waals surface area contributed by atoms with Gasteiger partial charge in [0.15, 0.2) is 0 Å². The molecule has 1 radical (unpaired) electrons. The number of hydrogen-bond acceptors (Lipinski definition) is 9. The van der Waals surface area contributed by atoms with Crippen molar-refractivity contribution in [2.24, 2.45) is 7.05 Å². The Kier molecular flexibility index (Phi) is 22.5. The van der Waals surface area contributed by atoms with Gasteiger partial charge in [-0.3, -0.25) is 9.59 Å². The van der Waals surface area contributed by atoms with E-state index in [1.54, 1.807) is 12.5 Å². The molecule has 0 saturated carbocycles. The first-order chi connectivity index (χ1) is 13.4. The van der Waals surface area contributed by atoms with Crippen LogP contribution in [0.15, 0.2) is 18.7 Å². The van der Waals surface area contributed by atoms with E-state index >= 15 is 0 Å². The largest absolute Gasteiger partial charge is 3.00 e. The zero-order valence-corrected chi connectivity index (χ0v) is 20.5. The van der Waals surface area contributed by atoms with E-state index in [1.165, 1.54) is 53.1 Å². The van der Waals surface area contributed by atoms with Gasteiger partial charge in [-0.25, -0.2) is 4.98 Å². The fourth-order valence-electron chi connectivity index (χ4n) is 2.04. The van der Waals surface area contributed by atoms with Crippen LogP contribution in [0.1, 0.15) is 20.3 Å². The van der Waals surface area contributed by atoms with E-state index in [0.29, 0.717) is 0 Å². The molecule has 0 amide bonds. The molecule has 1 saturated heterocycles. The maximum atomic E-state index is 10.0. The van der Waals surface area contributed by atoms with Gasteiger partial charge in [0, 0.05) is 58.7 Å². The molecule has 0 atom stereocenters. The first-order valence-electron chi connectivity index (χ1n) is 9.22. The number of Topliss-reactive ketones (excluding diaryl/α,β-unsaturated/α-hetero) is 2. The van der Waals surface area contributed by atoms with Crippen molar-refractivity contribution < 1.29 is 34.2 Å². The van der Waals surface area contributed by atoms with Crippen molar-refractivity contribution in [3.8, 4) is 0 Å². The van der Waals surface area contributed by atoms with Crippen LogP contribution in [0, 0.1) is 15.3 Å². The number of ketones is 2. The second-order valence-electron chi connectivity index (χ2n) is 6.94. The summed E-state index contributed by atoms with van der Waals surface area (Å²) in [5.41, 5.74) is 0. The molecule has 1 aliphatic rings. The molecule has 1 aromatic heterocycles. The molecule has 12 heteroatoms. The van der Waals surface area contributed by atoms with Gasteiger partial charge in [0.25, 0.3) is 0 Å². The quantitative estimate of drug-likeness (QED) is 0.239. The molecule has 1 fully saturated rings. The molecule has 0 spiro atoms. The Hall–Kier alpha value is -1.75. The van der Waals surface area contributed by atoms with Gasteiger partial charge in [-0.15, -0.1) is 0 Å². The van der Waals surface area contributed by atoms with Crippen molar-refractivity contribution in [1.82, 2.24) is 24.3 Å². The van der Waals surface area contributed by atoms with Crippen molar-refractivity contribution in [3.05, 3.63) is 34.0 Å². The summed E-state index contributed by atoms with van der Waals surface area (Å²) in [6, 6.07) is 0. The topological polar surface area (TPSA) is 128 Å². The van der Waals surface area contributed by atoms with Gasteiger partial charge in [-0.05, 0) is 35.0 Å². The predicted octanol–water partition coefficient (Wildman–Crippen LogP) is 0.528. The molecule has 30 heavy (non-hydrogen) atoms. The van der Waals surface area contributed by atoms with Crippen LogP contribution in [0.5, 0.6) is 0 Å². The van der Waals surface area contributed by atoms with Crippen molar-refractivity contribution in [1.29, 1.82) is 0 Å². The molecular weight excluding hydrogens is 481 g/mol. The summed E-state index contributed by atoms with van der Waals surface area (Å²) in [6.07, 6.45) is 5.47. The van der Waals surface area contributed by atoms with Crippen LogP contribution in [-0.4, -0.2) is 101 Å². The maximum Gasteiger partial charge on any atom is 3.00 e. The predicted molar refractivity (Wildman–Crippen MR) is 112 cm³/mol. The summed E-state index contributed by atoms with van der Waals surface area (Å²) in [5.74, 6) is -0.125. The Bertz CT molecular complexity index is 522. The van der Waals surface area contributed by atoms with Gasteiger partial charge >= 0.3 is 19.5 Å². The average Bonchev–Trinajstić information content (AvgIpc) is 3.07. The Balaban J connectivity index is -0.000000349. The summed E-state index contributed by atoms with van der Waals surface area (Å²) < 4.78 is 1.89. The van der Waals surface area contributed by atoms with E-state index in [4.69, 9.17) is 15.3 Å². The van der Waals surface area contributed by atoms with E-state index in [1.807, 2.05) is 17.8 Å². The van der Waals surface area contributed by atoms with Gasteiger partial charge in [0.05, 0.1) is 17.8 Å². The molecular formula is C18H35N6O5Ru+2. The van der Waals surface area contributed by atoms with Crippen LogP contribution in [0.3, 0.4) is 0 Å². The Labute approximate surface area is 191 Å². The number of nitrogens with zero attached hydrogens (tertiary/aromatic N) is 6. The molecule has 0 aliphatic carbocycles. The number of likely N-dealkylation sites (N-methyl/N-ethyl adjacent to an activating group) is 3. The number of aromatic nitrogens is 2. The molecule has 2 heterocycles. The van der Waals surface area contributed by atoms with E-state index < -0.39 is 5.09 Å². The first kappa shape index (κ1) is 32.9. The fraction of sp³-hybridized carbons (Fsp3) is 0.722. The van der Waals surface area contributed by atoms with Crippen LogP contribution in [0.25, 0.3) is 0 Å². The average molecular weight is 517 g/mol. The van der Waals surface area contributed by atoms with Crippen molar-refractivity contribution >= 4 is 11.6 Å². The monoisotopic (exact) mass is 517 g/mol. The van der Waals surface area contributed by atoms with Crippen LogP contribution < -0.4 is 0 Å². The van der Waals surface area contributed by atoms with E-state index in [2.05, 4.69) is 40.8 Å². The molecule has 1 aliphatic heterocycles. The molecule has 1 aromatic rings. The number of carbonyl (C=O) groups is 2. The fourth-order valence-corrected chi connectivity index (χ4v) is 2.04. The Morgan fingerprint density at radius 2 is 1.17 bits per heavy atom. The van der Waals surface area contributed by atoms with Gasteiger partial charge in [0.2, 0.25) is 0 Å². The van der Waals surface area contributed by atoms with Crippen molar-refractivity contribution in [2.75, 3.05) is 60.4 Å². The maximum absolute atomic E-state index is 10.0. The number of hydrogen-bond donors (Lipinski definition) is 0. The first-order valence-corrected chi connectivity index (χ1v) is 9.22. The van der Waals surface area contributed by atoms with Crippen LogP contribution in [0.4, 0.5) is 0 Å². The normalized spacial score (nSPS) is 15.0. The summed E-state index contributed by atoms with van der Waals surface area (Å²) in [7, 11) is 8.54. The van der Waals surface area contributed by atoms with Gasteiger partial charge in [0.1, 0.15) is 11.6 Å². The molecule has 0 N–H and O–H groups in total. The summed E-state index contributed by atoms with van der Waals surface area (Å²) >= 11 is 0. The molecule has 0 aromatic carbocycles. The van der Waals surface area contributed by atoms with E-state index in [9.17, 15) is 9.59 Å². The summed E-state index contributed by atoms with van der Waals surface area (Å²) in [4.78, 5) is 39.3. The summed E-state index contributed by atoms with van der Waals surface area (Å²) in [5, 5.41) is 14.8. The van der Waals surface area contributed by atoms with E-state index in [-0.39, 0.29) is 37.5 Å². The number of imidazole rings is 1. The third kappa shape index (κ3) is 28.5. The zero-order chi connectivity index (χ0) is 22.8. The molecule has 2 rings (SSSR count). The standard InChI is InChI=1S/C9H21N3.C5H8O2.C4H6N2.NO3.Ru/c1-10-4-6-11(2)8-9-12(3)7-5-10;1-4(6)3-5(2)7;1-6-3-2-5-4-6;2-1(3)4;/h4-9H2,1-3H3;3H2,1-2H3;2-4H,1H3;;/q;;;-1;+3. The van der Waals surface area contributed by atoms with Crippen molar-refractivity contribution in [3.63, 3.8) is 0 Å². The minimum Gasteiger partial charge on any atom is -0.356 e. The third-order valence-electron chi connectivity index (χ3n) is 3.72. The van der Waals surface area contributed by atoms with Gasteiger partial charge in [-0.1, -0.05) is 0 Å². The smallest absolute Gasteiger partial charge is 0.356 e. The zero-order valence-electron chi connectivity index (χ0n) is 18.8. The molecule has 11 nitrogen and oxygen atoms in total. The van der Waals surface area contributed by atoms with Crippen molar-refractivity contribution in [2.45, 2.75) is 20.3 Å². The number of carbonyl (C=O) groups excluding carboxylic acids is 2. The molecule has 173 valence electrons. The SMILES string of the molecule is CC(=O)CC(C)=O.CN1CCN(C)CCN(C)CC1.Cn1ccnc1.O=[N+]([O-])[O-].[Ru+3]. The second-order valence-corrected chi connectivity index (χ2v) is 6.94. The van der Waals surface area contributed by atoms with Crippen LogP contribution in [0.2, 0.25) is 0 Å². The molecule has 0 unspecified atom stereocenters. The number of rotatable bonds is 2. The third-order valence-corrected chi connectivity index (χ3v) is 3.72. The van der Waals surface area contributed by atoms with E-state index in [0.717, 1.165) is 0 Å². The van der Waals surface area contributed by atoms with Gasteiger partial charge in [-0.2, -0.15) is 0 Å². The molecule has 0 bridgehead atoms. The minimum atomic E-state index is -1.75. The van der Waals surface area contributed by atoms with Gasteiger partial charge < -0.3 is 34.6 Å². The Morgan fingerprint density at radius 3 is 1.27 bits per heavy atom. The number of aryl methyl sites for hydroxylation is 1. The summed E-state index contributed by atoms with van der Waals surface area (Å²) in [6.45, 7) is 10.0. The Morgan fingerprint density at radius 1 is 0.867 bits per heavy atom.